The number of carbonyl (C=O) groups is 2. The zero-order chi connectivity index (χ0) is 61.3. The Kier molecular flexibility index (Phi) is 73.3. The van der Waals surface area contributed by atoms with Crippen LogP contribution in [0.1, 0.15) is 444 Å². The third-order valence-electron chi connectivity index (χ3n) is 18.5. The van der Waals surface area contributed by atoms with Crippen LogP contribution in [0, 0.1) is 0 Å². The minimum atomic E-state index is -0.668. The van der Waals surface area contributed by atoms with Crippen molar-refractivity contribution in [1.82, 2.24) is 5.32 Å². The lowest BCUT2D eigenvalue weighted by atomic mass is 10.0. The van der Waals surface area contributed by atoms with Crippen molar-refractivity contribution in [2.75, 3.05) is 13.2 Å². The van der Waals surface area contributed by atoms with Gasteiger partial charge in [-0.15, -0.1) is 0 Å². The van der Waals surface area contributed by atoms with E-state index in [2.05, 4.69) is 43.5 Å². The molecule has 0 rings (SSSR count). The van der Waals surface area contributed by atoms with E-state index in [0.29, 0.717) is 25.9 Å². The number of ether oxygens (including phenoxy) is 1. The van der Waals surface area contributed by atoms with Gasteiger partial charge < -0.3 is 20.3 Å². The van der Waals surface area contributed by atoms with Crippen LogP contribution < -0.4 is 5.32 Å². The Morgan fingerprint density at radius 1 is 0.329 bits per heavy atom. The van der Waals surface area contributed by atoms with Crippen LogP contribution in [0.4, 0.5) is 0 Å². The first-order chi connectivity index (χ1) is 42.0. The number of nitrogens with one attached hydrogen (secondary N) is 1. The molecule has 0 bridgehead atoms. The number of carbonyl (C=O) groups excluding carboxylic acids is 2. The number of amides is 1. The summed E-state index contributed by atoms with van der Waals surface area (Å²) in [5.74, 6) is -0.0166. The van der Waals surface area contributed by atoms with Crippen LogP contribution in [0.15, 0.2) is 24.3 Å². The van der Waals surface area contributed by atoms with E-state index in [1.165, 1.54) is 366 Å². The average Bonchev–Trinajstić information content (AvgIpc) is 3.51. The maximum atomic E-state index is 12.6. The van der Waals surface area contributed by atoms with Gasteiger partial charge >= 0.3 is 5.97 Å². The van der Waals surface area contributed by atoms with Gasteiger partial charge in [-0.1, -0.05) is 398 Å². The minimum Gasteiger partial charge on any atom is -0.466 e. The molecule has 85 heavy (non-hydrogen) atoms. The van der Waals surface area contributed by atoms with Gasteiger partial charge in [0, 0.05) is 12.8 Å². The Hall–Kier alpha value is -1.66. The standard InChI is InChI=1S/C79H153NO5/c1-3-5-7-9-11-13-15-17-19-21-23-24-30-33-36-39-43-47-51-55-59-63-67-71-77(82)76(75-81)80-78(83)72-68-64-60-56-52-48-44-40-37-34-31-28-26-25-27-29-32-35-38-42-46-50-54-58-62-66-70-74-85-79(84)73-69-65-61-57-53-49-45-41-22-20-18-16-14-12-10-8-6-4-2/h25-26,29,32,76-77,81-82H,3-24,27-28,30-31,33-75H2,1-2H3,(H,80,83)/b26-25-,32-29-. The van der Waals surface area contributed by atoms with E-state index in [4.69, 9.17) is 4.74 Å². The average molecular weight is 1200 g/mol. The SMILES string of the molecule is CCCCCCCCCCCCCCCCCCCCCCCCCC(O)C(CO)NC(=O)CCCCCCCCCCCCC/C=C\C/C=C\CCCCCCCCCCCOC(=O)CCCCCCCCCCCCCCCCCCCC. The van der Waals surface area contributed by atoms with Crippen molar-refractivity contribution in [2.24, 2.45) is 0 Å². The molecule has 0 heterocycles. The molecular formula is C79H153NO5. The van der Waals surface area contributed by atoms with Gasteiger partial charge in [-0.3, -0.25) is 9.59 Å². The minimum absolute atomic E-state index is 0.0162. The maximum Gasteiger partial charge on any atom is 0.305 e. The van der Waals surface area contributed by atoms with Crippen molar-refractivity contribution in [3.63, 3.8) is 0 Å². The highest BCUT2D eigenvalue weighted by Crippen LogP contribution is 2.20. The Morgan fingerprint density at radius 3 is 0.894 bits per heavy atom. The number of allylic oxidation sites excluding steroid dienone is 4. The molecule has 504 valence electrons. The second-order valence-corrected chi connectivity index (χ2v) is 27.0. The summed E-state index contributed by atoms with van der Waals surface area (Å²) in [5.41, 5.74) is 0. The predicted molar refractivity (Wildman–Crippen MR) is 375 cm³/mol. The zero-order valence-corrected chi connectivity index (χ0v) is 57.9. The van der Waals surface area contributed by atoms with Gasteiger partial charge in [-0.25, -0.2) is 0 Å². The van der Waals surface area contributed by atoms with Crippen LogP contribution in [0.2, 0.25) is 0 Å². The quantitative estimate of drug-likeness (QED) is 0.0320. The Labute approximate surface area is 532 Å². The highest BCUT2D eigenvalue weighted by molar-refractivity contribution is 5.76. The van der Waals surface area contributed by atoms with E-state index >= 15 is 0 Å². The number of unbranched alkanes of at least 4 members (excludes halogenated alkanes) is 59. The lowest BCUT2D eigenvalue weighted by molar-refractivity contribution is -0.143. The molecule has 0 aliphatic rings. The van der Waals surface area contributed by atoms with Crippen LogP contribution in [-0.4, -0.2) is 47.4 Å². The number of hydrogen-bond acceptors (Lipinski definition) is 5. The normalized spacial score (nSPS) is 12.6. The first-order valence-electron chi connectivity index (χ1n) is 39.1. The van der Waals surface area contributed by atoms with Gasteiger partial charge in [-0.05, 0) is 57.8 Å². The Bertz CT molecular complexity index is 1330. The first kappa shape index (κ1) is 83.3. The van der Waals surface area contributed by atoms with Crippen LogP contribution in [0.3, 0.4) is 0 Å². The van der Waals surface area contributed by atoms with E-state index in [-0.39, 0.29) is 18.5 Å². The maximum absolute atomic E-state index is 12.6. The summed E-state index contributed by atoms with van der Waals surface area (Å²) in [7, 11) is 0. The molecule has 2 atom stereocenters. The molecule has 0 fully saturated rings. The fourth-order valence-electron chi connectivity index (χ4n) is 12.6. The summed E-state index contributed by atoms with van der Waals surface area (Å²) < 4.78 is 5.51. The molecule has 2 unspecified atom stereocenters. The molecule has 0 aromatic heterocycles. The smallest absolute Gasteiger partial charge is 0.305 e. The van der Waals surface area contributed by atoms with Crippen molar-refractivity contribution in [2.45, 2.75) is 456 Å². The second-order valence-electron chi connectivity index (χ2n) is 27.0. The lowest BCUT2D eigenvalue weighted by Gasteiger charge is -2.22. The van der Waals surface area contributed by atoms with Crippen LogP contribution in [-0.2, 0) is 14.3 Å². The number of hydrogen-bond donors (Lipinski definition) is 3. The van der Waals surface area contributed by atoms with Crippen LogP contribution in [0.25, 0.3) is 0 Å². The molecule has 6 heteroatoms. The highest BCUT2D eigenvalue weighted by Gasteiger charge is 2.20. The number of esters is 1. The third-order valence-corrected chi connectivity index (χ3v) is 18.5. The lowest BCUT2D eigenvalue weighted by Crippen LogP contribution is -2.45. The molecule has 0 radical (unpaired) electrons. The van der Waals surface area contributed by atoms with Gasteiger partial charge in [-0.2, -0.15) is 0 Å². The fraction of sp³-hybridized carbons (Fsp3) is 0.924. The topological polar surface area (TPSA) is 95.9 Å². The Balaban J connectivity index is 3.40. The van der Waals surface area contributed by atoms with Crippen molar-refractivity contribution in [3.8, 4) is 0 Å². The molecule has 0 saturated heterocycles. The summed E-state index contributed by atoms with van der Waals surface area (Å²) in [6.07, 6.45) is 95.4. The fourth-order valence-corrected chi connectivity index (χ4v) is 12.6. The van der Waals surface area contributed by atoms with Gasteiger partial charge in [0.2, 0.25) is 5.91 Å². The van der Waals surface area contributed by atoms with E-state index < -0.39 is 12.1 Å². The molecule has 3 N–H and O–H groups in total. The van der Waals surface area contributed by atoms with E-state index in [1.54, 1.807) is 0 Å². The number of rotatable bonds is 74. The van der Waals surface area contributed by atoms with Gasteiger partial charge in [0.1, 0.15) is 0 Å². The van der Waals surface area contributed by atoms with Crippen molar-refractivity contribution in [3.05, 3.63) is 24.3 Å². The molecule has 0 aromatic carbocycles. The molecular weight excluding hydrogens is 1040 g/mol. The van der Waals surface area contributed by atoms with Crippen molar-refractivity contribution >= 4 is 11.9 Å². The largest absolute Gasteiger partial charge is 0.466 e. The van der Waals surface area contributed by atoms with E-state index in [9.17, 15) is 19.8 Å². The van der Waals surface area contributed by atoms with Gasteiger partial charge in [0.15, 0.2) is 0 Å². The molecule has 0 spiro atoms. The molecule has 6 nitrogen and oxygen atoms in total. The summed E-state index contributed by atoms with van der Waals surface area (Å²) in [6, 6.07) is -0.545. The summed E-state index contributed by atoms with van der Waals surface area (Å²) in [4.78, 5) is 24.7. The van der Waals surface area contributed by atoms with Crippen molar-refractivity contribution < 1.29 is 24.5 Å². The molecule has 0 aromatic rings. The van der Waals surface area contributed by atoms with Crippen LogP contribution >= 0.6 is 0 Å². The number of aliphatic hydroxyl groups excluding tert-OH is 2. The second kappa shape index (κ2) is 74.8. The third kappa shape index (κ3) is 71.3. The summed E-state index contributed by atoms with van der Waals surface area (Å²) in [6.45, 7) is 5.00. The summed E-state index contributed by atoms with van der Waals surface area (Å²) in [5, 5.41) is 23.5. The van der Waals surface area contributed by atoms with E-state index in [1.807, 2.05) is 0 Å². The van der Waals surface area contributed by atoms with Crippen molar-refractivity contribution in [1.29, 1.82) is 0 Å². The van der Waals surface area contributed by atoms with Gasteiger partial charge in [0.05, 0.1) is 25.4 Å². The van der Waals surface area contributed by atoms with Gasteiger partial charge in [0.25, 0.3) is 0 Å². The molecule has 1 amide bonds. The van der Waals surface area contributed by atoms with Crippen LogP contribution in [0.5, 0.6) is 0 Å². The van der Waals surface area contributed by atoms with E-state index in [0.717, 1.165) is 44.9 Å². The predicted octanol–water partition coefficient (Wildman–Crippen LogP) is 25.7. The highest BCUT2D eigenvalue weighted by atomic mass is 16.5. The monoisotopic (exact) mass is 1200 g/mol. The summed E-state index contributed by atoms with van der Waals surface area (Å²) >= 11 is 0. The Morgan fingerprint density at radius 2 is 0.588 bits per heavy atom. The molecule has 0 aliphatic carbocycles. The zero-order valence-electron chi connectivity index (χ0n) is 57.9. The molecule has 0 saturated carbocycles. The molecule has 0 aliphatic heterocycles. The number of aliphatic hydroxyl groups is 2. The first-order valence-corrected chi connectivity index (χ1v) is 39.1.